The summed E-state index contributed by atoms with van der Waals surface area (Å²) >= 11 is 0. The van der Waals surface area contributed by atoms with E-state index in [0.29, 0.717) is 18.7 Å². The fourth-order valence-electron chi connectivity index (χ4n) is 1.88. The molecule has 0 aliphatic carbocycles. The zero-order valence-electron chi connectivity index (χ0n) is 11.3. The molecule has 0 heterocycles. The van der Waals surface area contributed by atoms with E-state index < -0.39 is 11.9 Å². The molecule has 0 bridgehead atoms. The van der Waals surface area contributed by atoms with E-state index in [2.05, 4.69) is 0 Å². The van der Waals surface area contributed by atoms with Crippen LogP contribution in [0.5, 0.6) is 0 Å². The number of hydrogen-bond donors (Lipinski definition) is 2. The lowest BCUT2D eigenvalue weighted by Gasteiger charge is -2.26. The van der Waals surface area contributed by atoms with Gasteiger partial charge in [0.15, 0.2) is 0 Å². The largest absolute Gasteiger partial charge is 0.481 e. The Labute approximate surface area is 113 Å². The molecule has 0 radical (unpaired) electrons. The van der Waals surface area contributed by atoms with Crippen LogP contribution in [-0.4, -0.2) is 34.5 Å². The van der Waals surface area contributed by atoms with Crippen LogP contribution in [0.3, 0.4) is 0 Å². The normalized spacial score (nSPS) is 10.9. The molecular formula is C14H20N2O3. The number of carbonyl (C=O) groups is 2. The van der Waals surface area contributed by atoms with Crippen LogP contribution in [0, 0.1) is 0 Å². The minimum absolute atomic E-state index is 0.0803. The smallest absolute Gasteiger partial charge is 0.304 e. The third kappa shape index (κ3) is 4.71. The van der Waals surface area contributed by atoms with Crippen LogP contribution in [0.1, 0.15) is 36.2 Å². The van der Waals surface area contributed by atoms with E-state index in [1.54, 1.807) is 12.1 Å². The molecule has 0 saturated heterocycles. The lowest BCUT2D eigenvalue weighted by atomic mass is 10.1. The van der Waals surface area contributed by atoms with E-state index >= 15 is 0 Å². The Bertz CT molecular complexity index is 458. The molecule has 0 fully saturated rings. The highest BCUT2D eigenvalue weighted by molar-refractivity contribution is 5.94. The highest BCUT2D eigenvalue weighted by Crippen LogP contribution is 2.13. The summed E-state index contributed by atoms with van der Waals surface area (Å²) in [5.41, 5.74) is 6.65. The van der Waals surface area contributed by atoms with Gasteiger partial charge in [0.05, 0.1) is 6.42 Å². The molecule has 1 rings (SSSR count). The van der Waals surface area contributed by atoms with Crippen molar-refractivity contribution in [2.45, 2.75) is 32.9 Å². The Morgan fingerprint density at radius 2 is 1.95 bits per heavy atom. The first-order chi connectivity index (χ1) is 8.91. The second-order valence-corrected chi connectivity index (χ2v) is 4.73. The number of nitrogens with two attached hydrogens (primary N) is 1. The Balaban J connectivity index is 2.84. The van der Waals surface area contributed by atoms with Gasteiger partial charge in [0.2, 0.25) is 5.91 Å². The molecule has 3 N–H and O–H groups in total. The fourth-order valence-corrected chi connectivity index (χ4v) is 1.88. The summed E-state index contributed by atoms with van der Waals surface area (Å²) in [6.07, 6.45) is 0.0803. The molecule has 0 aliphatic rings. The molecule has 104 valence electrons. The number of rotatable bonds is 7. The van der Waals surface area contributed by atoms with E-state index in [1.807, 2.05) is 30.9 Å². The first-order valence-electron chi connectivity index (χ1n) is 6.25. The van der Waals surface area contributed by atoms with Gasteiger partial charge < -0.3 is 10.8 Å². The quantitative estimate of drug-likeness (QED) is 0.781. The van der Waals surface area contributed by atoms with Crippen molar-refractivity contribution >= 4 is 11.9 Å². The van der Waals surface area contributed by atoms with Crippen LogP contribution >= 0.6 is 0 Å². The minimum Gasteiger partial charge on any atom is -0.481 e. The Hall–Kier alpha value is -1.88. The molecule has 1 amide bonds. The van der Waals surface area contributed by atoms with Crippen LogP contribution in [0.25, 0.3) is 0 Å². The molecule has 0 unspecified atom stereocenters. The third-order valence-corrected chi connectivity index (χ3v) is 3.00. The van der Waals surface area contributed by atoms with E-state index in [9.17, 15) is 9.59 Å². The number of amides is 1. The molecule has 0 spiro atoms. The van der Waals surface area contributed by atoms with Crippen molar-refractivity contribution in [3.63, 3.8) is 0 Å². The molecular weight excluding hydrogens is 244 g/mol. The number of aliphatic carboxylic acids is 1. The van der Waals surface area contributed by atoms with Crippen molar-refractivity contribution in [2.24, 2.45) is 5.73 Å². The van der Waals surface area contributed by atoms with Crippen molar-refractivity contribution in [1.82, 2.24) is 4.90 Å². The summed E-state index contributed by atoms with van der Waals surface area (Å²) in [5.74, 6) is -1.29. The number of carboxylic acids is 1. The highest BCUT2D eigenvalue weighted by atomic mass is 16.4. The molecule has 0 saturated carbocycles. The molecule has 0 aliphatic heterocycles. The van der Waals surface area contributed by atoms with Crippen molar-refractivity contribution in [3.8, 4) is 0 Å². The summed E-state index contributed by atoms with van der Waals surface area (Å²) in [5, 5.41) is 8.75. The summed E-state index contributed by atoms with van der Waals surface area (Å²) < 4.78 is 0. The number of carboxylic acid groups (broad SMARTS) is 1. The maximum absolute atomic E-state index is 11.3. The van der Waals surface area contributed by atoms with Gasteiger partial charge in [-0.1, -0.05) is 18.2 Å². The van der Waals surface area contributed by atoms with Crippen LogP contribution < -0.4 is 5.73 Å². The molecule has 1 aromatic carbocycles. The van der Waals surface area contributed by atoms with Crippen molar-refractivity contribution < 1.29 is 14.7 Å². The number of nitrogens with zero attached hydrogens (tertiary/aromatic N) is 1. The Kier molecular flexibility index (Phi) is 5.51. The maximum Gasteiger partial charge on any atom is 0.304 e. The van der Waals surface area contributed by atoms with E-state index in [4.69, 9.17) is 10.8 Å². The monoisotopic (exact) mass is 264 g/mol. The number of benzene rings is 1. The molecule has 5 nitrogen and oxygen atoms in total. The summed E-state index contributed by atoms with van der Waals surface area (Å²) in [4.78, 5) is 24.0. The molecule has 5 heteroatoms. The third-order valence-electron chi connectivity index (χ3n) is 3.00. The van der Waals surface area contributed by atoms with Gasteiger partial charge in [-0.3, -0.25) is 14.5 Å². The Morgan fingerprint density at radius 3 is 2.47 bits per heavy atom. The van der Waals surface area contributed by atoms with Gasteiger partial charge >= 0.3 is 5.97 Å². The predicted molar refractivity (Wildman–Crippen MR) is 72.8 cm³/mol. The van der Waals surface area contributed by atoms with E-state index in [0.717, 1.165) is 5.56 Å². The maximum atomic E-state index is 11.3. The van der Waals surface area contributed by atoms with Crippen molar-refractivity contribution in [3.05, 3.63) is 35.4 Å². The lowest BCUT2D eigenvalue weighted by molar-refractivity contribution is -0.137. The number of carbonyl (C=O) groups excluding carboxylic acids is 1. The Morgan fingerprint density at radius 1 is 1.32 bits per heavy atom. The lowest BCUT2D eigenvalue weighted by Crippen LogP contribution is -2.33. The van der Waals surface area contributed by atoms with Crippen molar-refractivity contribution in [1.29, 1.82) is 0 Å². The predicted octanol–water partition coefficient (Wildman–Crippen LogP) is 1.47. The topological polar surface area (TPSA) is 83.6 Å². The first-order valence-corrected chi connectivity index (χ1v) is 6.25. The van der Waals surface area contributed by atoms with Crippen LogP contribution in [-0.2, 0) is 11.3 Å². The van der Waals surface area contributed by atoms with Gasteiger partial charge in [0.1, 0.15) is 0 Å². The zero-order valence-corrected chi connectivity index (χ0v) is 11.3. The summed E-state index contributed by atoms with van der Waals surface area (Å²) in [6.45, 7) is 4.95. The van der Waals surface area contributed by atoms with E-state index in [-0.39, 0.29) is 12.5 Å². The van der Waals surface area contributed by atoms with Gasteiger partial charge in [-0.05, 0) is 25.5 Å². The van der Waals surface area contributed by atoms with Gasteiger partial charge in [-0.25, -0.2) is 0 Å². The van der Waals surface area contributed by atoms with E-state index in [1.165, 1.54) is 0 Å². The van der Waals surface area contributed by atoms with Crippen LogP contribution in [0.15, 0.2) is 24.3 Å². The number of hydrogen-bond acceptors (Lipinski definition) is 3. The fraction of sp³-hybridized carbons (Fsp3) is 0.429. The first kappa shape index (κ1) is 15.2. The standard InChI is InChI=1S/C14H20N2O3/c1-10(2)16(8-7-13(17)18)9-11-5-3-4-6-12(11)14(15)19/h3-6,10H,7-9H2,1-2H3,(H2,15,19)(H,17,18). The molecule has 1 aromatic rings. The van der Waals surface area contributed by atoms with Gasteiger partial charge in [0.25, 0.3) is 0 Å². The second-order valence-electron chi connectivity index (χ2n) is 4.73. The van der Waals surface area contributed by atoms with Gasteiger partial charge in [-0.2, -0.15) is 0 Å². The SMILES string of the molecule is CC(C)N(CCC(=O)O)Cc1ccccc1C(N)=O. The summed E-state index contributed by atoms with van der Waals surface area (Å²) in [6, 6.07) is 7.34. The van der Waals surface area contributed by atoms with Crippen LogP contribution in [0.2, 0.25) is 0 Å². The van der Waals surface area contributed by atoms with Gasteiger partial charge in [-0.15, -0.1) is 0 Å². The molecule has 0 atom stereocenters. The zero-order chi connectivity index (χ0) is 14.4. The van der Waals surface area contributed by atoms with Crippen LogP contribution in [0.4, 0.5) is 0 Å². The second kappa shape index (κ2) is 6.89. The minimum atomic E-state index is -0.825. The average molecular weight is 264 g/mol. The molecule has 0 aromatic heterocycles. The number of primary amides is 1. The van der Waals surface area contributed by atoms with Gasteiger partial charge in [0, 0.05) is 24.7 Å². The summed E-state index contributed by atoms with van der Waals surface area (Å²) in [7, 11) is 0. The van der Waals surface area contributed by atoms with Crippen molar-refractivity contribution in [2.75, 3.05) is 6.54 Å². The average Bonchev–Trinajstić information content (AvgIpc) is 2.34. The molecule has 19 heavy (non-hydrogen) atoms. The highest BCUT2D eigenvalue weighted by Gasteiger charge is 2.15.